The first-order valence-corrected chi connectivity index (χ1v) is 7.03. The van der Waals surface area contributed by atoms with Gasteiger partial charge in [-0.05, 0) is 18.6 Å². The summed E-state index contributed by atoms with van der Waals surface area (Å²) in [6.07, 6.45) is 1.55. The molecule has 0 aliphatic rings. The van der Waals surface area contributed by atoms with Crippen LogP contribution in [-0.4, -0.2) is 32.2 Å². The predicted octanol–water partition coefficient (Wildman–Crippen LogP) is 0.323. The number of hydrogen-bond acceptors (Lipinski definition) is 5. The van der Waals surface area contributed by atoms with Gasteiger partial charge in [0, 0.05) is 13.1 Å². The second-order valence-corrected chi connectivity index (χ2v) is 5.60. The van der Waals surface area contributed by atoms with Crippen LogP contribution in [0.3, 0.4) is 0 Å². The average molecular weight is 258 g/mol. The zero-order valence-corrected chi connectivity index (χ0v) is 10.8. The number of nitrogens with zero attached hydrogens (tertiary/aromatic N) is 1. The van der Waals surface area contributed by atoms with Crippen molar-refractivity contribution in [3.05, 3.63) is 17.8 Å². The molecule has 0 aliphatic carbocycles. The molecule has 0 unspecified atom stereocenters. The minimum absolute atomic E-state index is 0.0198. The van der Waals surface area contributed by atoms with Gasteiger partial charge in [0.1, 0.15) is 5.82 Å². The van der Waals surface area contributed by atoms with Gasteiger partial charge < -0.3 is 11.1 Å². The molecule has 1 aromatic heterocycles. The van der Waals surface area contributed by atoms with Crippen molar-refractivity contribution in [1.29, 1.82) is 0 Å². The standard InChI is InChI=1S/C10H18N4O2S/c1-3-14-17(15,16)5-4-12-10-6-8(2)9(11)7-13-10/h6-7,14H,3-5,11H2,1-2H3,(H,12,13). The van der Waals surface area contributed by atoms with E-state index in [4.69, 9.17) is 5.73 Å². The molecule has 0 amide bonds. The summed E-state index contributed by atoms with van der Waals surface area (Å²) < 4.78 is 25.1. The van der Waals surface area contributed by atoms with Crippen LogP contribution in [0.2, 0.25) is 0 Å². The van der Waals surface area contributed by atoms with Gasteiger partial charge in [0.05, 0.1) is 17.6 Å². The predicted molar refractivity (Wildman–Crippen MR) is 69.3 cm³/mol. The lowest BCUT2D eigenvalue weighted by molar-refractivity contribution is 0.584. The van der Waals surface area contributed by atoms with Crippen LogP contribution < -0.4 is 15.8 Å². The van der Waals surface area contributed by atoms with Gasteiger partial charge in [0.25, 0.3) is 0 Å². The monoisotopic (exact) mass is 258 g/mol. The Morgan fingerprint density at radius 3 is 2.76 bits per heavy atom. The highest BCUT2D eigenvalue weighted by atomic mass is 32.2. The van der Waals surface area contributed by atoms with E-state index in [0.717, 1.165) is 5.56 Å². The Bertz CT molecular complexity index is 473. The summed E-state index contributed by atoms with van der Waals surface area (Å²) in [4.78, 5) is 4.05. The topological polar surface area (TPSA) is 97.1 Å². The number of nitrogens with one attached hydrogen (secondary N) is 2. The van der Waals surface area contributed by atoms with E-state index in [9.17, 15) is 8.42 Å². The van der Waals surface area contributed by atoms with Gasteiger partial charge in [-0.3, -0.25) is 0 Å². The highest BCUT2D eigenvalue weighted by Crippen LogP contribution is 2.12. The summed E-state index contributed by atoms with van der Waals surface area (Å²) in [7, 11) is -3.19. The van der Waals surface area contributed by atoms with E-state index in [-0.39, 0.29) is 5.75 Å². The number of aryl methyl sites for hydroxylation is 1. The van der Waals surface area contributed by atoms with Crippen LogP contribution in [0, 0.1) is 6.92 Å². The van der Waals surface area contributed by atoms with Gasteiger partial charge in [-0.1, -0.05) is 6.92 Å². The molecule has 96 valence electrons. The molecule has 17 heavy (non-hydrogen) atoms. The first-order valence-electron chi connectivity index (χ1n) is 5.38. The van der Waals surface area contributed by atoms with Crippen LogP contribution >= 0.6 is 0 Å². The third kappa shape index (κ3) is 4.58. The normalized spacial score (nSPS) is 11.4. The number of nitrogens with two attached hydrogens (primary N) is 1. The highest BCUT2D eigenvalue weighted by Gasteiger charge is 2.07. The van der Waals surface area contributed by atoms with Crippen molar-refractivity contribution in [2.45, 2.75) is 13.8 Å². The summed E-state index contributed by atoms with van der Waals surface area (Å²) in [5.41, 5.74) is 7.17. The lowest BCUT2D eigenvalue weighted by atomic mass is 10.2. The molecular formula is C10H18N4O2S. The van der Waals surface area contributed by atoms with Crippen LogP contribution in [0.5, 0.6) is 0 Å². The molecule has 0 aromatic carbocycles. The highest BCUT2D eigenvalue weighted by molar-refractivity contribution is 7.89. The number of rotatable bonds is 6. The summed E-state index contributed by atoms with van der Waals surface area (Å²) >= 11 is 0. The minimum Gasteiger partial charge on any atom is -0.397 e. The summed E-state index contributed by atoms with van der Waals surface area (Å²) in [6, 6.07) is 1.79. The third-order valence-corrected chi connectivity index (χ3v) is 3.66. The van der Waals surface area contributed by atoms with Gasteiger partial charge >= 0.3 is 0 Å². The quantitative estimate of drug-likeness (QED) is 0.683. The summed E-state index contributed by atoms with van der Waals surface area (Å²) in [5, 5.41) is 2.94. The van der Waals surface area contributed by atoms with Gasteiger partial charge in [0.2, 0.25) is 10.0 Å². The van der Waals surface area contributed by atoms with E-state index in [1.54, 1.807) is 19.2 Å². The molecule has 0 fully saturated rings. The van der Waals surface area contributed by atoms with Crippen molar-refractivity contribution in [2.24, 2.45) is 0 Å². The van der Waals surface area contributed by atoms with Crippen molar-refractivity contribution >= 4 is 21.5 Å². The lowest BCUT2D eigenvalue weighted by Gasteiger charge is -2.08. The molecule has 4 N–H and O–H groups in total. The number of pyridine rings is 1. The molecule has 1 heterocycles. The van der Waals surface area contributed by atoms with E-state index in [2.05, 4.69) is 15.0 Å². The number of sulfonamides is 1. The van der Waals surface area contributed by atoms with Gasteiger partial charge in [-0.15, -0.1) is 0 Å². The Hall–Kier alpha value is -1.34. The van der Waals surface area contributed by atoms with Crippen LogP contribution in [0.25, 0.3) is 0 Å². The Kier molecular flexibility index (Phi) is 4.71. The minimum atomic E-state index is -3.19. The molecule has 0 saturated carbocycles. The van der Waals surface area contributed by atoms with E-state index >= 15 is 0 Å². The third-order valence-electron chi connectivity index (χ3n) is 2.19. The zero-order valence-electron chi connectivity index (χ0n) is 10.0. The maximum atomic E-state index is 11.4. The van der Waals surface area contributed by atoms with E-state index in [1.807, 2.05) is 6.92 Å². The molecule has 6 nitrogen and oxygen atoms in total. The van der Waals surface area contributed by atoms with Gasteiger partial charge in [-0.2, -0.15) is 0 Å². The molecule has 0 radical (unpaired) electrons. The molecule has 0 aliphatic heterocycles. The average Bonchev–Trinajstić information content (AvgIpc) is 2.23. The van der Waals surface area contributed by atoms with Crippen LogP contribution in [0.15, 0.2) is 12.3 Å². The van der Waals surface area contributed by atoms with E-state index in [0.29, 0.717) is 24.6 Å². The lowest BCUT2D eigenvalue weighted by Crippen LogP contribution is -2.29. The SMILES string of the molecule is CCNS(=O)(=O)CCNc1cc(C)c(N)cn1. The largest absolute Gasteiger partial charge is 0.397 e. The molecule has 0 bridgehead atoms. The van der Waals surface area contributed by atoms with Gasteiger partial charge in [-0.25, -0.2) is 18.1 Å². The zero-order chi connectivity index (χ0) is 12.9. The maximum absolute atomic E-state index is 11.4. The number of aromatic nitrogens is 1. The van der Waals surface area contributed by atoms with Gasteiger partial charge in [0.15, 0.2) is 0 Å². The molecule has 7 heteroatoms. The number of nitrogen functional groups attached to an aromatic ring is 1. The first kappa shape index (κ1) is 13.7. The Morgan fingerprint density at radius 2 is 2.18 bits per heavy atom. The molecule has 0 atom stereocenters. The van der Waals surface area contributed by atoms with Crippen molar-refractivity contribution in [3.8, 4) is 0 Å². The van der Waals surface area contributed by atoms with E-state index < -0.39 is 10.0 Å². The molecular weight excluding hydrogens is 240 g/mol. The second-order valence-electron chi connectivity index (χ2n) is 3.67. The molecule has 0 saturated heterocycles. The Morgan fingerprint density at radius 1 is 1.47 bits per heavy atom. The number of anilines is 2. The van der Waals surface area contributed by atoms with Crippen LogP contribution in [-0.2, 0) is 10.0 Å². The fourth-order valence-electron chi connectivity index (χ4n) is 1.27. The molecule has 1 rings (SSSR count). The van der Waals surface area contributed by atoms with Crippen LogP contribution in [0.1, 0.15) is 12.5 Å². The van der Waals surface area contributed by atoms with Crippen LogP contribution in [0.4, 0.5) is 11.5 Å². The fraction of sp³-hybridized carbons (Fsp3) is 0.500. The number of hydrogen-bond donors (Lipinski definition) is 3. The second kappa shape index (κ2) is 5.83. The smallest absolute Gasteiger partial charge is 0.213 e. The van der Waals surface area contributed by atoms with E-state index in [1.165, 1.54) is 0 Å². The Balaban J connectivity index is 2.49. The summed E-state index contributed by atoms with van der Waals surface area (Å²) in [6.45, 7) is 4.33. The maximum Gasteiger partial charge on any atom is 0.213 e. The Labute approximate surface area is 102 Å². The van der Waals surface area contributed by atoms with Crippen molar-refractivity contribution in [1.82, 2.24) is 9.71 Å². The van der Waals surface area contributed by atoms with Crippen molar-refractivity contribution < 1.29 is 8.42 Å². The fourth-order valence-corrected chi connectivity index (χ4v) is 2.22. The van der Waals surface area contributed by atoms with Crippen molar-refractivity contribution in [3.63, 3.8) is 0 Å². The molecule has 0 spiro atoms. The summed E-state index contributed by atoms with van der Waals surface area (Å²) in [5.74, 6) is 0.648. The van der Waals surface area contributed by atoms with Crippen molar-refractivity contribution in [2.75, 3.05) is 29.9 Å². The molecule has 1 aromatic rings. The first-order chi connectivity index (χ1) is 7.94.